The quantitative estimate of drug-likeness (QED) is 0.667. The third-order valence-corrected chi connectivity index (χ3v) is 5.00. The summed E-state index contributed by atoms with van der Waals surface area (Å²) in [6.07, 6.45) is 0. The van der Waals surface area contributed by atoms with Crippen LogP contribution in [0.4, 0.5) is 0 Å². The van der Waals surface area contributed by atoms with E-state index in [0.717, 1.165) is 5.69 Å². The maximum atomic E-state index is 5.96. The van der Waals surface area contributed by atoms with Crippen molar-refractivity contribution in [2.24, 2.45) is 0 Å². The Bertz CT molecular complexity index is 627. The van der Waals surface area contributed by atoms with Gasteiger partial charge in [-0.2, -0.15) is 0 Å². The topological polar surface area (TPSA) is 15.8 Å². The number of aromatic nitrogens is 1. The number of halogens is 2. The summed E-state index contributed by atoms with van der Waals surface area (Å²) in [5.74, 6) is 0. The molecule has 0 amide bonds. The first-order chi connectivity index (χ1) is 8.36. The van der Waals surface area contributed by atoms with E-state index in [-0.39, 0.29) is 20.1 Å². The maximum absolute atomic E-state index is 5.96. The fourth-order valence-corrected chi connectivity index (χ4v) is 3.32. The Balaban J connectivity index is 2.13. The summed E-state index contributed by atoms with van der Waals surface area (Å²) in [4.78, 5) is 3.43. The number of hydrogen-bond donors (Lipinski definition) is 1. The van der Waals surface area contributed by atoms with Gasteiger partial charge in [0.1, 0.15) is 0 Å². The molecule has 1 aromatic heterocycles. The van der Waals surface area contributed by atoms with Crippen molar-refractivity contribution in [3.63, 3.8) is 0 Å². The third-order valence-electron chi connectivity index (χ3n) is 2.75. The van der Waals surface area contributed by atoms with E-state index in [1.165, 1.54) is 20.0 Å². The number of hydrogen-bond acceptors (Lipinski definition) is 0. The first-order valence-electron chi connectivity index (χ1n) is 5.31. The molecule has 0 unspecified atom stereocenters. The fourth-order valence-electron chi connectivity index (χ4n) is 1.93. The van der Waals surface area contributed by atoms with Crippen LogP contribution in [0, 0.1) is 3.57 Å². The molecule has 86 valence electrons. The molecular weight excluding hydrogens is 345 g/mol. The minimum absolute atomic E-state index is 0.365. The van der Waals surface area contributed by atoms with Gasteiger partial charge in [0.05, 0.1) is 0 Å². The molecule has 0 bridgehead atoms. The van der Waals surface area contributed by atoms with Gasteiger partial charge < -0.3 is 0 Å². The van der Waals surface area contributed by atoms with Crippen LogP contribution in [0.15, 0.2) is 54.6 Å². The van der Waals surface area contributed by atoms with Gasteiger partial charge in [0.2, 0.25) is 0 Å². The molecule has 3 rings (SSSR count). The molecule has 0 saturated carbocycles. The van der Waals surface area contributed by atoms with Gasteiger partial charge in [-0.15, -0.1) is 0 Å². The van der Waals surface area contributed by atoms with E-state index < -0.39 is 0 Å². The summed E-state index contributed by atoms with van der Waals surface area (Å²) in [7, 11) is 5.96. The standard InChI is InChI=1S/C14H10ClIN/c15-16-12-6-3-5-10(8-12)14-9-11-4-1-2-7-13(11)17-14/h1-9,17H/q-1. The Hall–Kier alpha value is -1.00. The molecule has 3 heteroatoms. The molecule has 0 saturated heterocycles. The average molecular weight is 355 g/mol. The molecule has 3 aromatic rings. The molecule has 0 fully saturated rings. The molecule has 17 heavy (non-hydrogen) atoms. The van der Waals surface area contributed by atoms with E-state index in [0.29, 0.717) is 0 Å². The van der Waals surface area contributed by atoms with Crippen molar-refractivity contribution < 1.29 is 20.1 Å². The predicted octanol–water partition coefficient (Wildman–Crippen LogP) is 1.25. The fraction of sp³-hybridized carbons (Fsp3) is 0. The zero-order valence-electron chi connectivity index (χ0n) is 8.95. The van der Waals surface area contributed by atoms with Crippen molar-refractivity contribution in [1.82, 2.24) is 4.98 Å². The number of benzene rings is 2. The molecule has 0 atom stereocenters. The Morgan fingerprint density at radius 3 is 2.65 bits per heavy atom. The molecule has 1 heterocycles. The van der Waals surface area contributed by atoms with Crippen LogP contribution in [-0.4, -0.2) is 4.98 Å². The van der Waals surface area contributed by atoms with E-state index in [1.54, 1.807) is 0 Å². The second kappa shape index (κ2) is 4.70. The van der Waals surface area contributed by atoms with Gasteiger partial charge in [-0.05, 0) is 0 Å². The molecule has 1 nitrogen and oxygen atoms in total. The van der Waals surface area contributed by atoms with Crippen molar-refractivity contribution in [1.29, 1.82) is 0 Å². The predicted molar refractivity (Wildman–Crippen MR) is 68.3 cm³/mol. The van der Waals surface area contributed by atoms with Crippen LogP contribution in [0.2, 0.25) is 0 Å². The summed E-state index contributed by atoms with van der Waals surface area (Å²) >= 11 is -0.365. The van der Waals surface area contributed by atoms with E-state index >= 15 is 0 Å². The zero-order valence-corrected chi connectivity index (χ0v) is 11.9. The summed E-state index contributed by atoms with van der Waals surface area (Å²) in [5, 5.41) is 1.24. The molecule has 0 radical (unpaired) electrons. The van der Waals surface area contributed by atoms with E-state index in [1.807, 2.05) is 6.07 Å². The second-order valence-corrected chi connectivity index (χ2v) is 6.46. The van der Waals surface area contributed by atoms with Crippen LogP contribution in [0.5, 0.6) is 0 Å². The Morgan fingerprint density at radius 1 is 0.941 bits per heavy atom. The Kier molecular flexibility index (Phi) is 3.07. The van der Waals surface area contributed by atoms with Gasteiger partial charge in [-0.1, -0.05) is 0 Å². The molecule has 0 aliphatic heterocycles. The van der Waals surface area contributed by atoms with E-state index in [2.05, 4.69) is 53.5 Å². The van der Waals surface area contributed by atoms with Crippen molar-refractivity contribution >= 4 is 19.8 Å². The van der Waals surface area contributed by atoms with Crippen LogP contribution in [0.1, 0.15) is 0 Å². The van der Waals surface area contributed by atoms with Gasteiger partial charge in [0, 0.05) is 0 Å². The van der Waals surface area contributed by atoms with Crippen LogP contribution in [0.3, 0.4) is 0 Å². The van der Waals surface area contributed by atoms with Crippen LogP contribution in [-0.2, 0) is 0 Å². The summed E-state index contributed by atoms with van der Waals surface area (Å²) in [6, 6.07) is 18.9. The number of nitrogens with one attached hydrogen (secondary N) is 1. The molecule has 0 aliphatic rings. The molecular formula is C14H10ClIN-. The van der Waals surface area contributed by atoms with Gasteiger partial charge in [-0.25, -0.2) is 0 Å². The molecule has 0 spiro atoms. The molecule has 1 N–H and O–H groups in total. The third kappa shape index (κ3) is 2.19. The summed E-state index contributed by atoms with van der Waals surface area (Å²) in [5.41, 5.74) is 3.54. The second-order valence-electron chi connectivity index (χ2n) is 3.85. The van der Waals surface area contributed by atoms with Gasteiger partial charge in [0.25, 0.3) is 0 Å². The normalized spacial score (nSPS) is 11.1. The zero-order chi connectivity index (χ0) is 11.7. The molecule has 0 aliphatic carbocycles. The number of rotatable bonds is 2. The van der Waals surface area contributed by atoms with Gasteiger partial charge in [0.15, 0.2) is 0 Å². The van der Waals surface area contributed by atoms with Crippen LogP contribution in [0.25, 0.3) is 22.2 Å². The first kappa shape index (κ1) is 11.1. The van der Waals surface area contributed by atoms with Crippen molar-refractivity contribution in [3.05, 3.63) is 58.2 Å². The summed E-state index contributed by atoms with van der Waals surface area (Å²) < 4.78 is 1.25. The van der Waals surface area contributed by atoms with Crippen LogP contribution < -0.4 is 20.1 Å². The molecule has 2 aromatic carbocycles. The monoisotopic (exact) mass is 354 g/mol. The number of aromatic amines is 1. The van der Waals surface area contributed by atoms with Crippen LogP contribution >= 0.6 is 8.91 Å². The SMILES string of the molecule is Cl[I-]c1cccc(-c2cc3ccccc3[nH]2)c1. The number of fused-ring (bicyclic) bond motifs is 1. The first-order valence-corrected chi connectivity index (χ1v) is 9.12. The summed E-state index contributed by atoms with van der Waals surface area (Å²) in [6.45, 7) is 0. The van der Waals surface area contributed by atoms with Gasteiger partial charge >= 0.3 is 114 Å². The Morgan fingerprint density at radius 2 is 1.82 bits per heavy atom. The average Bonchev–Trinajstić information content (AvgIpc) is 2.82. The number of H-pyrrole nitrogens is 1. The van der Waals surface area contributed by atoms with Crippen molar-refractivity contribution in [2.75, 3.05) is 0 Å². The Labute approximate surface area is 114 Å². The number of para-hydroxylation sites is 1. The van der Waals surface area contributed by atoms with Crippen molar-refractivity contribution in [3.8, 4) is 11.3 Å². The minimum atomic E-state index is -0.365. The van der Waals surface area contributed by atoms with E-state index in [9.17, 15) is 0 Å². The van der Waals surface area contributed by atoms with E-state index in [4.69, 9.17) is 8.91 Å². The van der Waals surface area contributed by atoms with Gasteiger partial charge in [-0.3, -0.25) is 0 Å². The van der Waals surface area contributed by atoms with Crippen molar-refractivity contribution in [2.45, 2.75) is 0 Å².